The first-order chi connectivity index (χ1) is 12.1. The van der Waals surface area contributed by atoms with Crippen LogP contribution in [0.15, 0.2) is 47.8 Å². The summed E-state index contributed by atoms with van der Waals surface area (Å²) in [6, 6.07) is 12.4. The fourth-order valence-electron chi connectivity index (χ4n) is 2.38. The topological polar surface area (TPSA) is 94.7 Å². The quantitative estimate of drug-likeness (QED) is 0.700. The number of hydrogen-bond acceptors (Lipinski definition) is 6. The fourth-order valence-corrected chi connectivity index (χ4v) is 2.95. The first-order valence-electron chi connectivity index (χ1n) is 7.42. The molecule has 0 bridgehead atoms. The van der Waals surface area contributed by atoms with E-state index in [0.29, 0.717) is 22.1 Å². The van der Waals surface area contributed by atoms with Gasteiger partial charge in [-0.3, -0.25) is 0 Å². The molecule has 0 saturated heterocycles. The van der Waals surface area contributed by atoms with Crippen LogP contribution in [0.5, 0.6) is 11.5 Å². The zero-order chi connectivity index (χ0) is 17.8. The van der Waals surface area contributed by atoms with E-state index in [1.807, 2.05) is 24.3 Å². The Morgan fingerprint density at radius 1 is 1.24 bits per heavy atom. The maximum absolute atomic E-state index is 11.6. The summed E-state index contributed by atoms with van der Waals surface area (Å²) in [5.41, 5.74) is 7.85. The molecule has 6 nitrogen and oxygen atoms in total. The van der Waals surface area contributed by atoms with Crippen molar-refractivity contribution in [2.45, 2.75) is 6.61 Å². The monoisotopic (exact) mass is 356 g/mol. The van der Waals surface area contributed by atoms with Gasteiger partial charge in [0.1, 0.15) is 23.7 Å². The highest BCUT2D eigenvalue weighted by Crippen LogP contribution is 2.29. The number of ether oxygens (including phenoxy) is 2. The minimum Gasteiger partial charge on any atom is -0.496 e. The molecule has 25 heavy (non-hydrogen) atoms. The molecule has 0 spiro atoms. The highest BCUT2D eigenvalue weighted by atomic mass is 32.1. The average molecular weight is 356 g/mol. The number of carbonyl (C=O) groups is 1. The lowest BCUT2D eigenvalue weighted by atomic mass is 10.1. The minimum atomic E-state index is -1.07. The summed E-state index contributed by atoms with van der Waals surface area (Å²) in [5.74, 6) is -0.0978. The number of benzene rings is 2. The molecule has 0 fully saturated rings. The summed E-state index contributed by atoms with van der Waals surface area (Å²) in [5, 5.41) is 11.7. The van der Waals surface area contributed by atoms with Gasteiger partial charge in [-0.1, -0.05) is 18.2 Å². The number of para-hydroxylation sites is 1. The van der Waals surface area contributed by atoms with E-state index in [-0.39, 0.29) is 17.9 Å². The molecular weight excluding hydrogens is 340 g/mol. The number of methoxy groups -OCH3 is 1. The Bertz CT molecular complexity index is 908. The molecule has 0 atom stereocenters. The number of hydrogen-bond donors (Lipinski definition) is 2. The van der Waals surface area contributed by atoms with Crippen molar-refractivity contribution in [3.05, 3.63) is 59.0 Å². The molecule has 1 heterocycles. The summed E-state index contributed by atoms with van der Waals surface area (Å²) in [4.78, 5) is 15.8. The molecule has 0 aliphatic rings. The normalized spacial score (nSPS) is 10.4. The van der Waals surface area contributed by atoms with Gasteiger partial charge in [0, 0.05) is 16.5 Å². The molecule has 0 aliphatic carbocycles. The predicted octanol–water partition coefficient (Wildman–Crippen LogP) is 3.68. The Kier molecular flexibility index (Phi) is 4.85. The Hall–Kier alpha value is -3.06. The number of anilines is 1. The molecule has 0 unspecified atom stereocenters. The number of thiazole rings is 1. The van der Waals surface area contributed by atoms with Crippen molar-refractivity contribution in [3.63, 3.8) is 0 Å². The summed E-state index contributed by atoms with van der Waals surface area (Å²) in [7, 11) is 1.58. The zero-order valence-corrected chi connectivity index (χ0v) is 14.2. The van der Waals surface area contributed by atoms with Gasteiger partial charge in [-0.25, -0.2) is 9.78 Å². The lowest BCUT2D eigenvalue weighted by Crippen LogP contribution is -2.04. The highest BCUT2D eigenvalue weighted by Gasteiger charge is 2.15. The summed E-state index contributed by atoms with van der Waals surface area (Å²) in [6.07, 6.45) is 0. The van der Waals surface area contributed by atoms with Crippen molar-refractivity contribution in [1.29, 1.82) is 0 Å². The molecule has 0 amide bonds. The number of nitrogens with zero attached hydrogens (tertiary/aromatic N) is 1. The first kappa shape index (κ1) is 16.8. The van der Waals surface area contributed by atoms with Crippen LogP contribution in [-0.2, 0) is 6.61 Å². The highest BCUT2D eigenvalue weighted by molar-refractivity contribution is 7.13. The average Bonchev–Trinajstić information content (AvgIpc) is 3.06. The van der Waals surface area contributed by atoms with Gasteiger partial charge in [0.25, 0.3) is 0 Å². The number of aromatic carboxylic acids is 1. The SMILES string of the molecule is COc1ccccc1COc1ccc(-c2csc(N)n2)cc1C(=O)O. The van der Waals surface area contributed by atoms with E-state index in [0.717, 1.165) is 5.56 Å². The van der Waals surface area contributed by atoms with Crippen LogP contribution in [0.3, 0.4) is 0 Å². The van der Waals surface area contributed by atoms with Crippen LogP contribution in [0.1, 0.15) is 15.9 Å². The van der Waals surface area contributed by atoms with Gasteiger partial charge in [-0.2, -0.15) is 0 Å². The van der Waals surface area contributed by atoms with Gasteiger partial charge >= 0.3 is 5.97 Å². The second kappa shape index (κ2) is 7.23. The third kappa shape index (κ3) is 3.72. The number of aromatic nitrogens is 1. The molecule has 0 saturated carbocycles. The zero-order valence-electron chi connectivity index (χ0n) is 13.4. The molecule has 128 valence electrons. The number of nitrogen functional groups attached to an aromatic ring is 1. The van der Waals surface area contributed by atoms with Crippen molar-refractivity contribution >= 4 is 22.4 Å². The predicted molar refractivity (Wildman–Crippen MR) is 96.2 cm³/mol. The first-order valence-corrected chi connectivity index (χ1v) is 8.30. The number of carboxylic acid groups (broad SMARTS) is 1. The third-order valence-electron chi connectivity index (χ3n) is 3.60. The van der Waals surface area contributed by atoms with E-state index < -0.39 is 5.97 Å². The lowest BCUT2D eigenvalue weighted by Gasteiger charge is -2.12. The lowest BCUT2D eigenvalue weighted by molar-refractivity contribution is 0.0692. The maximum Gasteiger partial charge on any atom is 0.339 e. The Morgan fingerprint density at radius 3 is 2.72 bits per heavy atom. The maximum atomic E-state index is 11.6. The number of carboxylic acids is 1. The van der Waals surface area contributed by atoms with Crippen molar-refractivity contribution in [2.24, 2.45) is 0 Å². The van der Waals surface area contributed by atoms with Crippen molar-refractivity contribution in [2.75, 3.05) is 12.8 Å². The molecular formula is C18H16N2O4S. The van der Waals surface area contributed by atoms with Gasteiger partial charge in [-0.05, 0) is 24.3 Å². The van der Waals surface area contributed by atoms with Gasteiger partial charge in [-0.15, -0.1) is 11.3 Å². The Labute approximate surface area is 148 Å². The fraction of sp³-hybridized carbons (Fsp3) is 0.111. The molecule has 3 N–H and O–H groups in total. The van der Waals surface area contributed by atoms with E-state index in [4.69, 9.17) is 15.2 Å². The molecule has 1 aromatic heterocycles. The number of nitrogens with two attached hydrogens (primary N) is 1. The number of rotatable bonds is 6. The van der Waals surface area contributed by atoms with Crippen LogP contribution in [0, 0.1) is 0 Å². The largest absolute Gasteiger partial charge is 0.496 e. The van der Waals surface area contributed by atoms with Crippen LogP contribution < -0.4 is 15.2 Å². The van der Waals surface area contributed by atoms with Crippen LogP contribution in [-0.4, -0.2) is 23.2 Å². The molecule has 0 radical (unpaired) electrons. The van der Waals surface area contributed by atoms with E-state index in [1.165, 1.54) is 17.4 Å². The third-order valence-corrected chi connectivity index (χ3v) is 4.28. The van der Waals surface area contributed by atoms with E-state index in [9.17, 15) is 9.90 Å². The van der Waals surface area contributed by atoms with Crippen molar-refractivity contribution in [3.8, 4) is 22.8 Å². The standard InChI is InChI=1S/C18H16N2O4S/c1-23-15-5-3-2-4-12(15)9-24-16-7-6-11(8-13(16)17(21)22)14-10-25-18(19)20-14/h2-8,10H,9H2,1H3,(H2,19,20)(H,21,22). The van der Waals surface area contributed by atoms with Gasteiger partial charge < -0.3 is 20.3 Å². The van der Waals surface area contributed by atoms with E-state index in [2.05, 4.69) is 4.98 Å². The Morgan fingerprint density at radius 2 is 2.04 bits per heavy atom. The van der Waals surface area contributed by atoms with Gasteiger partial charge in [0.05, 0.1) is 12.8 Å². The van der Waals surface area contributed by atoms with Gasteiger partial charge in [0.2, 0.25) is 0 Å². The molecule has 7 heteroatoms. The summed E-state index contributed by atoms with van der Waals surface area (Å²) < 4.78 is 11.0. The minimum absolute atomic E-state index is 0.0685. The van der Waals surface area contributed by atoms with E-state index in [1.54, 1.807) is 24.6 Å². The summed E-state index contributed by atoms with van der Waals surface area (Å²) in [6.45, 7) is 0.202. The van der Waals surface area contributed by atoms with Gasteiger partial charge in [0.15, 0.2) is 5.13 Å². The molecule has 0 aliphatic heterocycles. The molecule has 3 rings (SSSR count). The second-order valence-electron chi connectivity index (χ2n) is 5.19. The van der Waals surface area contributed by atoms with Crippen LogP contribution in [0.4, 0.5) is 5.13 Å². The second-order valence-corrected chi connectivity index (χ2v) is 6.08. The smallest absolute Gasteiger partial charge is 0.339 e. The van der Waals surface area contributed by atoms with Crippen LogP contribution >= 0.6 is 11.3 Å². The molecule has 2 aromatic carbocycles. The van der Waals surface area contributed by atoms with Crippen LogP contribution in [0.25, 0.3) is 11.3 Å². The molecule has 3 aromatic rings. The Balaban J connectivity index is 1.87. The van der Waals surface area contributed by atoms with Crippen molar-refractivity contribution < 1.29 is 19.4 Å². The van der Waals surface area contributed by atoms with E-state index >= 15 is 0 Å². The van der Waals surface area contributed by atoms with Crippen molar-refractivity contribution in [1.82, 2.24) is 4.98 Å². The van der Waals surface area contributed by atoms with Crippen LogP contribution in [0.2, 0.25) is 0 Å². The summed E-state index contributed by atoms with van der Waals surface area (Å²) >= 11 is 1.30.